The lowest BCUT2D eigenvalue weighted by Crippen LogP contribution is -2.38. The van der Waals surface area contributed by atoms with E-state index in [4.69, 9.17) is 19.0 Å². The number of fused-ring (bicyclic) bond motifs is 1. The summed E-state index contributed by atoms with van der Waals surface area (Å²) in [5.41, 5.74) is -0.767. The Bertz CT molecular complexity index is 968. The van der Waals surface area contributed by atoms with E-state index in [0.717, 1.165) is 10.3 Å². The molecule has 0 amide bonds. The van der Waals surface area contributed by atoms with E-state index in [9.17, 15) is 19.6 Å². The molecule has 12 heteroatoms. The molecule has 1 aliphatic heterocycles. The molecular formula is C16H24N3O8P. The molecule has 0 aromatic carbocycles. The zero-order chi connectivity index (χ0) is 20.9. The molecule has 0 unspecified atom stereocenters. The van der Waals surface area contributed by atoms with Gasteiger partial charge >= 0.3 is 13.5 Å². The molecule has 2 aromatic heterocycles. The summed E-state index contributed by atoms with van der Waals surface area (Å²) in [7, 11) is -4.77. The topological polar surface area (TPSA) is 167 Å². The van der Waals surface area contributed by atoms with Crippen LogP contribution in [-0.4, -0.2) is 58.4 Å². The van der Waals surface area contributed by atoms with Crippen LogP contribution < -0.4 is 5.69 Å². The summed E-state index contributed by atoms with van der Waals surface area (Å²) in [6.07, 6.45) is -3.42. The predicted octanol–water partition coefficient (Wildman–Crippen LogP) is 0.320. The van der Waals surface area contributed by atoms with Gasteiger partial charge in [-0.25, -0.2) is 9.36 Å². The molecule has 0 bridgehead atoms. The Morgan fingerprint density at radius 3 is 2.68 bits per heavy atom. The quantitative estimate of drug-likeness (QED) is 0.416. The van der Waals surface area contributed by atoms with E-state index in [1.807, 2.05) is 6.92 Å². The van der Waals surface area contributed by atoms with Crippen LogP contribution in [0.15, 0.2) is 17.1 Å². The van der Waals surface area contributed by atoms with Crippen molar-refractivity contribution in [1.29, 1.82) is 0 Å². The number of ether oxygens (including phenoxy) is 1. The minimum Gasteiger partial charge on any atom is -0.388 e. The number of phosphoric acid groups is 1. The van der Waals surface area contributed by atoms with Gasteiger partial charge < -0.3 is 29.7 Å². The summed E-state index contributed by atoms with van der Waals surface area (Å²) in [5, 5.41) is 21.4. The number of phosphoric ester groups is 1. The Morgan fingerprint density at radius 2 is 2.07 bits per heavy atom. The number of nitrogens with zero attached hydrogens (tertiary/aromatic N) is 2. The van der Waals surface area contributed by atoms with Crippen LogP contribution in [0.3, 0.4) is 0 Å². The molecule has 0 aliphatic carbocycles. The first-order chi connectivity index (χ1) is 12.9. The van der Waals surface area contributed by atoms with Crippen LogP contribution in [0.2, 0.25) is 0 Å². The first kappa shape index (κ1) is 21.1. The third kappa shape index (κ3) is 4.20. The van der Waals surface area contributed by atoms with Gasteiger partial charge in [0.05, 0.1) is 11.7 Å². The summed E-state index contributed by atoms with van der Waals surface area (Å²) in [5.74, 6) is 0. The van der Waals surface area contributed by atoms with E-state index in [1.54, 1.807) is 13.0 Å². The Balaban J connectivity index is 1.87. The van der Waals surface area contributed by atoms with Crippen LogP contribution in [0.1, 0.15) is 38.6 Å². The van der Waals surface area contributed by atoms with Crippen LogP contribution in [0.4, 0.5) is 0 Å². The highest BCUT2D eigenvalue weighted by Crippen LogP contribution is 2.45. The summed E-state index contributed by atoms with van der Waals surface area (Å²) in [6, 6.07) is 1.77. The number of aliphatic hydroxyl groups excluding tert-OH is 2. The Labute approximate surface area is 160 Å². The molecule has 2 aromatic rings. The molecule has 5 N–H and O–H groups in total. The van der Waals surface area contributed by atoms with Gasteiger partial charge in [0.15, 0.2) is 6.23 Å². The Kier molecular flexibility index (Phi) is 5.54. The van der Waals surface area contributed by atoms with E-state index in [-0.39, 0.29) is 12.8 Å². The van der Waals surface area contributed by atoms with Gasteiger partial charge in [0.2, 0.25) is 0 Å². The number of hydrogen-bond acceptors (Lipinski definition) is 7. The predicted molar refractivity (Wildman–Crippen MR) is 97.5 cm³/mol. The van der Waals surface area contributed by atoms with Crippen LogP contribution in [0.5, 0.6) is 0 Å². The van der Waals surface area contributed by atoms with E-state index in [2.05, 4.69) is 9.97 Å². The van der Waals surface area contributed by atoms with Crippen molar-refractivity contribution in [1.82, 2.24) is 14.5 Å². The van der Waals surface area contributed by atoms with Crippen LogP contribution in [0.25, 0.3) is 11.0 Å². The van der Waals surface area contributed by atoms with Gasteiger partial charge in [-0.2, -0.15) is 4.98 Å². The van der Waals surface area contributed by atoms with Crippen LogP contribution in [-0.2, 0) is 13.8 Å². The first-order valence-corrected chi connectivity index (χ1v) is 10.3. The number of rotatable bonds is 6. The third-order valence-corrected chi connectivity index (χ3v) is 5.68. The van der Waals surface area contributed by atoms with Gasteiger partial charge in [-0.3, -0.25) is 9.09 Å². The number of hydrogen-bond donors (Lipinski definition) is 5. The summed E-state index contributed by atoms with van der Waals surface area (Å²) >= 11 is 0. The summed E-state index contributed by atoms with van der Waals surface area (Å²) < 4.78 is 22.9. The number of aromatic amines is 1. The van der Waals surface area contributed by atoms with Crippen molar-refractivity contribution in [3.05, 3.63) is 28.4 Å². The van der Waals surface area contributed by atoms with E-state index in [1.165, 1.54) is 13.1 Å². The highest BCUT2D eigenvalue weighted by atomic mass is 31.2. The minimum absolute atomic E-state index is 0.100. The molecule has 1 fully saturated rings. The van der Waals surface area contributed by atoms with Gasteiger partial charge in [-0.1, -0.05) is 6.92 Å². The fourth-order valence-electron chi connectivity index (χ4n) is 3.41. The summed E-state index contributed by atoms with van der Waals surface area (Å²) in [6.45, 7) is 4.95. The highest BCUT2D eigenvalue weighted by molar-refractivity contribution is 7.46. The highest BCUT2D eigenvalue weighted by Gasteiger charge is 2.47. The van der Waals surface area contributed by atoms with Gasteiger partial charge in [-0.05, 0) is 26.3 Å². The van der Waals surface area contributed by atoms with Gasteiger partial charge in [0.1, 0.15) is 17.9 Å². The first-order valence-electron chi connectivity index (χ1n) is 8.79. The average Bonchev–Trinajstić information content (AvgIpc) is 3.05. The van der Waals surface area contributed by atoms with Crippen molar-refractivity contribution in [3.8, 4) is 0 Å². The van der Waals surface area contributed by atoms with Crippen molar-refractivity contribution < 1.29 is 33.8 Å². The molecule has 1 aliphatic rings. The normalized spacial score (nSPS) is 28.0. The monoisotopic (exact) mass is 417 g/mol. The number of H-pyrrole nitrogens is 1. The second-order valence-electron chi connectivity index (χ2n) is 7.32. The molecular weight excluding hydrogens is 393 g/mol. The molecule has 0 radical (unpaired) electrons. The fraction of sp³-hybridized carbons (Fsp3) is 0.625. The number of aliphatic hydroxyl groups is 2. The fourth-order valence-corrected chi connectivity index (χ4v) is 4.19. The Morgan fingerprint density at radius 1 is 1.39 bits per heavy atom. The molecule has 0 saturated carbocycles. The van der Waals surface area contributed by atoms with Crippen LogP contribution >= 0.6 is 7.82 Å². The minimum atomic E-state index is -4.77. The second-order valence-corrected chi connectivity index (χ2v) is 8.49. The number of aromatic nitrogens is 3. The summed E-state index contributed by atoms with van der Waals surface area (Å²) in [4.78, 5) is 37.5. The second kappa shape index (κ2) is 7.34. The maximum Gasteiger partial charge on any atom is 0.470 e. The zero-order valence-corrected chi connectivity index (χ0v) is 16.5. The van der Waals surface area contributed by atoms with Gasteiger partial charge in [-0.15, -0.1) is 0 Å². The van der Waals surface area contributed by atoms with Crippen molar-refractivity contribution >= 4 is 18.9 Å². The van der Waals surface area contributed by atoms with E-state index in [0.29, 0.717) is 11.0 Å². The molecule has 3 heterocycles. The molecule has 156 valence electrons. The lowest BCUT2D eigenvalue weighted by atomic mass is 9.93. The largest absolute Gasteiger partial charge is 0.470 e. The number of nitrogens with one attached hydrogen (secondary N) is 1. The van der Waals surface area contributed by atoms with Crippen molar-refractivity contribution in [2.45, 2.75) is 63.8 Å². The van der Waals surface area contributed by atoms with Crippen molar-refractivity contribution in [3.63, 3.8) is 0 Å². The molecule has 11 nitrogen and oxygen atoms in total. The van der Waals surface area contributed by atoms with Gasteiger partial charge in [0, 0.05) is 23.7 Å². The third-order valence-electron chi connectivity index (χ3n) is 5.00. The zero-order valence-electron chi connectivity index (χ0n) is 15.6. The molecule has 1 saturated heterocycles. The Hall–Kier alpha value is -1.59. The van der Waals surface area contributed by atoms with E-state index >= 15 is 0 Å². The van der Waals surface area contributed by atoms with Gasteiger partial charge in [0.25, 0.3) is 0 Å². The van der Waals surface area contributed by atoms with Crippen LogP contribution in [0, 0.1) is 6.92 Å². The average molecular weight is 417 g/mol. The maximum absolute atomic E-state index is 12.3. The molecule has 28 heavy (non-hydrogen) atoms. The van der Waals surface area contributed by atoms with Crippen molar-refractivity contribution in [2.24, 2.45) is 0 Å². The molecule has 5 atom stereocenters. The lowest BCUT2D eigenvalue weighted by molar-refractivity contribution is -0.0707. The smallest absolute Gasteiger partial charge is 0.388 e. The molecule has 0 spiro atoms. The van der Waals surface area contributed by atoms with Crippen molar-refractivity contribution in [2.75, 3.05) is 0 Å². The van der Waals surface area contributed by atoms with E-state index < -0.39 is 43.7 Å². The maximum atomic E-state index is 12.3. The standard InChI is InChI=1S/C16H24N3O8P/c1-4-16(3,27-28(23,24)25)6-10-11(20)12(21)14(26-10)19-7-9-5-8(2)17-13(9)18-15(19)22/h5,7,10-12,14,20-21H,4,6H2,1-3H3,(H,17,18,22)(H2,23,24,25)/t10-,11-,12-,14-,16-/m1/s1. The molecule has 3 rings (SSSR count). The lowest BCUT2D eigenvalue weighted by Gasteiger charge is -2.31. The number of aryl methyl sites for hydroxylation is 1. The SMILES string of the molecule is CC[C@](C)(C[C@H]1O[C@@H](n2cc3cc(C)[nH]c3nc2=O)[C@H](O)[C@@H]1O)OP(=O)(O)O.